The van der Waals surface area contributed by atoms with E-state index in [0.29, 0.717) is 17.2 Å². The maximum atomic E-state index is 12.2. The molecule has 7 nitrogen and oxygen atoms in total. The third-order valence-corrected chi connectivity index (χ3v) is 4.91. The Labute approximate surface area is 165 Å². The second kappa shape index (κ2) is 8.62. The lowest BCUT2D eigenvalue weighted by atomic mass is 10.1. The Morgan fingerprint density at radius 2 is 2.00 bits per heavy atom. The summed E-state index contributed by atoms with van der Waals surface area (Å²) in [5, 5.41) is 7.68. The highest BCUT2D eigenvalue weighted by Crippen LogP contribution is 2.19. The highest BCUT2D eigenvalue weighted by atomic mass is 32.1. The highest BCUT2D eigenvalue weighted by Gasteiger charge is 2.13. The maximum Gasteiger partial charge on any atom is 0.263 e. The molecule has 0 aliphatic rings. The van der Waals surface area contributed by atoms with Gasteiger partial charge >= 0.3 is 0 Å². The van der Waals surface area contributed by atoms with E-state index >= 15 is 0 Å². The van der Waals surface area contributed by atoms with E-state index in [1.807, 2.05) is 32.0 Å². The van der Waals surface area contributed by atoms with Crippen LogP contribution in [-0.2, 0) is 11.2 Å². The number of rotatable bonds is 6. The van der Waals surface area contributed by atoms with Crippen molar-refractivity contribution < 1.29 is 9.59 Å². The normalized spacial score (nSPS) is 10.5. The van der Waals surface area contributed by atoms with E-state index in [1.54, 1.807) is 11.4 Å². The van der Waals surface area contributed by atoms with Crippen LogP contribution in [0.4, 0.5) is 10.8 Å². The molecule has 8 heteroatoms. The number of aromatic amines is 1. The number of carbonyl (C=O) groups excluding carboxylic acids is 2. The third kappa shape index (κ3) is 4.92. The molecule has 0 unspecified atom stereocenters. The van der Waals surface area contributed by atoms with Crippen molar-refractivity contribution in [3.63, 3.8) is 0 Å². The number of anilines is 2. The summed E-state index contributed by atoms with van der Waals surface area (Å²) in [7, 11) is 0. The number of thiazole rings is 1. The number of hydrogen-bond donors (Lipinski definition) is 3. The average molecular weight is 396 g/mol. The lowest BCUT2D eigenvalue weighted by molar-refractivity contribution is -0.116. The highest BCUT2D eigenvalue weighted by molar-refractivity contribution is 7.14. The zero-order chi connectivity index (χ0) is 20.1. The molecule has 144 valence electrons. The summed E-state index contributed by atoms with van der Waals surface area (Å²) in [6.45, 7) is 3.96. The molecule has 2 heterocycles. The van der Waals surface area contributed by atoms with Crippen LogP contribution >= 0.6 is 11.3 Å². The van der Waals surface area contributed by atoms with Crippen LogP contribution in [0, 0.1) is 13.8 Å². The minimum atomic E-state index is -0.518. The molecule has 2 amide bonds. The monoisotopic (exact) mass is 396 g/mol. The van der Waals surface area contributed by atoms with Gasteiger partial charge in [-0.3, -0.25) is 19.7 Å². The average Bonchev–Trinajstić information content (AvgIpc) is 3.10. The summed E-state index contributed by atoms with van der Waals surface area (Å²) in [4.78, 5) is 42.7. The Balaban J connectivity index is 1.54. The summed E-state index contributed by atoms with van der Waals surface area (Å²) in [5.41, 5.74) is 3.23. The van der Waals surface area contributed by atoms with Gasteiger partial charge in [0.15, 0.2) is 5.13 Å². The molecular weight excluding hydrogens is 376 g/mol. The molecule has 0 spiro atoms. The molecule has 0 bridgehead atoms. The number of aryl methyl sites for hydroxylation is 3. The molecule has 28 heavy (non-hydrogen) atoms. The van der Waals surface area contributed by atoms with Gasteiger partial charge in [0.25, 0.3) is 11.5 Å². The van der Waals surface area contributed by atoms with Crippen LogP contribution in [0.5, 0.6) is 0 Å². The van der Waals surface area contributed by atoms with Crippen LogP contribution in [0.15, 0.2) is 46.7 Å². The van der Waals surface area contributed by atoms with E-state index in [1.165, 1.54) is 23.6 Å². The number of H-pyrrole nitrogens is 1. The number of nitrogens with zero attached hydrogens (tertiary/aromatic N) is 1. The Kier molecular flexibility index (Phi) is 6.00. The van der Waals surface area contributed by atoms with Crippen molar-refractivity contribution in [1.82, 2.24) is 9.97 Å². The van der Waals surface area contributed by atoms with Crippen molar-refractivity contribution in [1.29, 1.82) is 0 Å². The number of nitrogens with one attached hydrogen (secondary N) is 3. The molecule has 0 radical (unpaired) electrons. The zero-order valence-electron chi connectivity index (χ0n) is 15.5. The molecule has 0 aliphatic heterocycles. The third-order valence-electron chi connectivity index (χ3n) is 4.10. The number of aromatic nitrogens is 2. The molecule has 3 rings (SSSR count). The zero-order valence-corrected chi connectivity index (χ0v) is 16.4. The van der Waals surface area contributed by atoms with E-state index in [4.69, 9.17) is 0 Å². The predicted molar refractivity (Wildman–Crippen MR) is 110 cm³/mol. The Morgan fingerprint density at radius 1 is 1.18 bits per heavy atom. The molecule has 0 atom stereocenters. The van der Waals surface area contributed by atoms with Gasteiger partial charge in [-0.15, -0.1) is 11.3 Å². The first-order chi connectivity index (χ1) is 13.4. The van der Waals surface area contributed by atoms with Crippen molar-refractivity contribution in [2.24, 2.45) is 0 Å². The first kappa shape index (κ1) is 19.5. The number of benzene rings is 1. The van der Waals surface area contributed by atoms with Crippen LogP contribution in [0.3, 0.4) is 0 Å². The summed E-state index contributed by atoms with van der Waals surface area (Å²) < 4.78 is 0. The predicted octanol–water partition coefficient (Wildman–Crippen LogP) is 3.27. The van der Waals surface area contributed by atoms with Crippen LogP contribution in [0.1, 0.15) is 33.6 Å². The first-order valence-electron chi connectivity index (χ1n) is 8.73. The van der Waals surface area contributed by atoms with Crippen LogP contribution in [-0.4, -0.2) is 21.8 Å². The van der Waals surface area contributed by atoms with E-state index in [9.17, 15) is 14.4 Å². The summed E-state index contributed by atoms with van der Waals surface area (Å²) in [5.74, 6) is -0.614. The number of carbonyl (C=O) groups is 2. The van der Waals surface area contributed by atoms with Crippen LogP contribution in [0.25, 0.3) is 0 Å². The standard InChI is InChI=1S/C20H20N4O3S/c1-12-5-7-16(13(2)10-12)23-17(25)8-6-14-11-28-20(22-14)24-19(27)15-4-3-9-21-18(15)26/h3-5,7,9-11H,6,8H2,1-2H3,(H,21,26)(H,23,25)(H,22,24,27). The largest absolute Gasteiger partial charge is 0.328 e. The molecule has 0 saturated carbocycles. The SMILES string of the molecule is Cc1ccc(NC(=O)CCc2csc(NC(=O)c3ccc[nH]c3=O)n2)c(C)c1. The van der Waals surface area contributed by atoms with Crippen LogP contribution < -0.4 is 16.2 Å². The Morgan fingerprint density at radius 3 is 2.75 bits per heavy atom. The molecule has 0 fully saturated rings. The van der Waals surface area contributed by atoms with Gasteiger partial charge in [-0.05, 0) is 44.0 Å². The fourth-order valence-corrected chi connectivity index (χ4v) is 3.39. The topological polar surface area (TPSA) is 104 Å². The van der Waals surface area contributed by atoms with Crippen molar-refractivity contribution in [2.75, 3.05) is 10.6 Å². The summed E-state index contributed by atoms with van der Waals surface area (Å²) in [6, 6.07) is 8.89. The van der Waals surface area contributed by atoms with E-state index < -0.39 is 11.5 Å². The van der Waals surface area contributed by atoms with Crippen molar-refractivity contribution >= 4 is 34.0 Å². The number of hydrogen-bond acceptors (Lipinski definition) is 5. The van der Waals surface area contributed by atoms with Gasteiger partial charge in [0.1, 0.15) is 5.56 Å². The second-order valence-electron chi connectivity index (χ2n) is 6.38. The molecule has 1 aromatic carbocycles. The lowest BCUT2D eigenvalue weighted by Gasteiger charge is -2.08. The maximum absolute atomic E-state index is 12.2. The van der Waals surface area contributed by atoms with Gasteiger partial charge in [0, 0.05) is 23.7 Å². The smallest absolute Gasteiger partial charge is 0.263 e. The van der Waals surface area contributed by atoms with Gasteiger partial charge in [-0.2, -0.15) is 0 Å². The lowest BCUT2D eigenvalue weighted by Crippen LogP contribution is -2.22. The summed E-state index contributed by atoms with van der Waals surface area (Å²) in [6.07, 6.45) is 2.20. The van der Waals surface area contributed by atoms with E-state index in [0.717, 1.165) is 16.8 Å². The van der Waals surface area contributed by atoms with Crippen molar-refractivity contribution in [3.8, 4) is 0 Å². The van der Waals surface area contributed by atoms with Gasteiger partial charge < -0.3 is 10.3 Å². The number of amides is 2. The fourth-order valence-electron chi connectivity index (χ4n) is 2.65. The molecule has 2 aromatic heterocycles. The van der Waals surface area contributed by atoms with Gasteiger partial charge in [0.05, 0.1) is 5.69 Å². The Bertz CT molecular complexity index is 1070. The minimum Gasteiger partial charge on any atom is -0.328 e. The van der Waals surface area contributed by atoms with E-state index in [2.05, 4.69) is 20.6 Å². The quantitative estimate of drug-likeness (QED) is 0.595. The van der Waals surface area contributed by atoms with Crippen molar-refractivity contribution in [2.45, 2.75) is 26.7 Å². The Hall–Kier alpha value is -3.26. The van der Waals surface area contributed by atoms with Gasteiger partial charge in [-0.1, -0.05) is 17.7 Å². The van der Waals surface area contributed by atoms with Gasteiger partial charge in [-0.25, -0.2) is 4.98 Å². The molecule has 0 aliphatic carbocycles. The second-order valence-corrected chi connectivity index (χ2v) is 7.24. The molecule has 3 aromatic rings. The van der Waals surface area contributed by atoms with Crippen LogP contribution in [0.2, 0.25) is 0 Å². The molecule has 0 saturated heterocycles. The van der Waals surface area contributed by atoms with Crippen molar-refractivity contribution in [3.05, 3.63) is 74.6 Å². The van der Waals surface area contributed by atoms with E-state index in [-0.39, 0.29) is 17.9 Å². The number of pyridine rings is 1. The van der Waals surface area contributed by atoms with Gasteiger partial charge in [0.2, 0.25) is 5.91 Å². The summed E-state index contributed by atoms with van der Waals surface area (Å²) >= 11 is 1.25. The fraction of sp³-hybridized carbons (Fsp3) is 0.200. The minimum absolute atomic E-state index is 0.0205. The first-order valence-corrected chi connectivity index (χ1v) is 9.61. The molecular formula is C20H20N4O3S. The molecule has 3 N–H and O–H groups in total.